The molecule has 2 aromatic rings. The van der Waals surface area contributed by atoms with E-state index < -0.39 is 5.82 Å². The van der Waals surface area contributed by atoms with Gasteiger partial charge in [-0.25, -0.2) is 9.37 Å². The van der Waals surface area contributed by atoms with Gasteiger partial charge in [0, 0.05) is 17.9 Å². The molecule has 82 valence electrons. The summed E-state index contributed by atoms with van der Waals surface area (Å²) < 4.78 is 12.9. The third-order valence-corrected chi connectivity index (χ3v) is 3.21. The van der Waals surface area contributed by atoms with Gasteiger partial charge in [0.2, 0.25) is 0 Å². The molecule has 0 aliphatic carbocycles. The molecule has 0 unspecified atom stereocenters. The minimum atomic E-state index is -0.464. The molecule has 0 saturated carbocycles. The first-order chi connectivity index (χ1) is 7.58. The van der Waals surface area contributed by atoms with Crippen LogP contribution < -0.4 is 0 Å². The van der Waals surface area contributed by atoms with Gasteiger partial charge in [0.1, 0.15) is 16.5 Å². The number of aromatic nitrogens is 1. The van der Waals surface area contributed by atoms with Gasteiger partial charge in [-0.1, -0.05) is 11.6 Å². The summed E-state index contributed by atoms with van der Waals surface area (Å²) in [6.07, 6.45) is 0. The second kappa shape index (κ2) is 4.31. The number of rotatable bonds is 2. The van der Waals surface area contributed by atoms with Crippen LogP contribution in [-0.2, 0) is 0 Å². The normalized spacial score (nSPS) is 10.4. The van der Waals surface area contributed by atoms with Gasteiger partial charge in [-0.15, -0.1) is 11.3 Å². The molecule has 0 N–H and O–H groups in total. The Morgan fingerprint density at radius 3 is 2.81 bits per heavy atom. The Morgan fingerprint density at radius 1 is 1.50 bits per heavy atom. The molecule has 0 saturated heterocycles. The van der Waals surface area contributed by atoms with Crippen LogP contribution in [0.3, 0.4) is 0 Å². The monoisotopic (exact) mass is 255 g/mol. The molecule has 0 aliphatic heterocycles. The van der Waals surface area contributed by atoms with Gasteiger partial charge in [0.25, 0.3) is 0 Å². The predicted molar refractivity (Wildman–Crippen MR) is 62.5 cm³/mol. The van der Waals surface area contributed by atoms with E-state index in [-0.39, 0.29) is 10.8 Å². The number of halogens is 2. The number of carbonyl (C=O) groups is 1. The number of ketones is 1. The maximum Gasteiger partial charge on any atom is 0.178 e. The van der Waals surface area contributed by atoms with Crippen molar-refractivity contribution < 1.29 is 9.18 Å². The Labute approximate surface area is 101 Å². The van der Waals surface area contributed by atoms with E-state index in [1.807, 2.05) is 0 Å². The Bertz CT molecular complexity index is 553. The summed E-state index contributed by atoms with van der Waals surface area (Å²) in [5.41, 5.74) is 1.13. The van der Waals surface area contributed by atoms with Gasteiger partial charge in [-0.05, 0) is 18.2 Å². The molecule has 0 fully saturated rings. The third-order valence-electron chi connectivity index (χ3n) is 2.03. The van der Waals surface area contributed by atoms with Crippen molar-refractivity contribution in [1.82, 2.24) is 4.98 Å². The van der Waals surface area contributed by atoms with Gasteiger partial charge >= 0.3 is 0 Å². The summed E-state index contributed by atoms with van der Waals surface area (Å²) in [7, 11) is 0. The standard InChI is InChI=1S/C11H7ClFNOS/c1-6(15)10-5-16-11(14-10)7-2-3-9(13)8(12)4-7/h2-5H,1H3. The average Bonchev–Trinajstić information content (AvgIpc) is 2.71. The third kappa shape index (κ3) is 2.13. The maximum absolute atomic E-state index is 12.9. The van der Waals surface area contributed by atoms with E-state index >= 15 is 0 Å². The molecule has 2 nitrogen and oxygen atoms in total. The lowest BCUT2D eigenvalue weighted by molar-refractivity contribution is 0.101. The molecule has 16 heavy (non-hydrogen) atoms. The zero-order valence-corrected chi connectivity index (χ0v) is 9.90. The number of thiazole rings is 1. The number of Topliss-reactive ketones (excluding diaryl/α,β-unsaturated/α-hetero) is 1. The highest BCUT2D eigenvalue weighted by molar-refractivity contribution is 7.13. The van der Waals surface area contributed by atoms with Gasteiger partial charge in [-0.2, -0.15) is 0 Å². The van der Waals surface area contributed by atoms with E-state index in [1.54, 1.807) is 11.4 Å². The second-order valence-corrected chi connectivity index (χ2v) is 4.49. The van der Waals surface area contributed by atoms with Crippen molar-refractivity contribution >= 4 is 28.7 Å². The molecule has 0 atom stereocenters. The van der Waals surface area contributed by atoms with E-state index in [0.29, 0.717) is 16.3 Å². The summed E-state index contributed by atoms with van der Waals surface area (Å²) in [5, 5.41) is 2.39. The Hall–Kier alpha value is -1.26. The topological polar surface area (TPSA) is 30.0 Å². The first-order valence-electron chi connectivity index (χ1n) is 4.50. The molecule has 0 amide bonds. The summed E-state index contributed by atoms with van der Waals surface area (Å²) >= 11 is 7.00. The molecule has 5 heteroatoms. The molecule has 1 aromatic heterocycles. The van der Waals surface area contributed by atoms with Gasteiger partial charge < -0.3 is 0 Å². The van der Waals surface area contributed by atoms with Crippen LogP contribution in [0.1, 0.15) is 17.4 Å². The van der Waals surface area contributed by atoms with Crippen molar-refractivity contribution in [2.24, 2.45) is 0 Å². The quantitative estimate of drug-likeness (QED) is 0.764. The molecule has 0 bridgehead atoms. The largest absolute Gasteiger partial charge is 0.293 e. The highest BCUT2D eigenvalue weighted by Gasteiger charge is 2.09. The smallest absolute Gasteiger partial charge is 0.178 e. The van der Waals surface area contributed by atoms with Crippen LogP contribution in [0.4, 0.5) is 4.39 Å². The Morgan fingerprint density at radius 2 is 2.25 bits per heavy atom. The fraction of sp³-hybridized carbons (Fsp3) is 0.0909. The van der Waals surface area contributed by atoms with Crippen LogP contribution in [0.5, 0.6) is 0 Å². The zero-order valence-electron chi connectivity index (χ0n) is 8.33. The average molecular weight is 256 g/mol. The molecule has 0 aliphatic rings. The summed E-state index contributed by atoms with van der Waals surface area (Å²) in [5.74, 6) is -0.551. The number of carbonyl (C=O) groups excluding carboxylic acids is 1. The lowest BCUT2D eigenvalue weighted by Gasteiger charge is -1.97. The van der Waals surface area contributed by atoms with E-state index in [4.69, 9.17) is 11.6 Å². The first-order valence-corrected chi connectivity index (χ1v) is 5.75. The number of nitrogens with zero attached hydrogens (tertiary/aromatic N) is 1. The molecule has 1 aromatic carbocycles. The van der Waals surface area contributed by atoms with Gasteiger partial charge in [-0.3, -0.25) is 4.79 Å². The van der Waals surface area contributed by atoms with Crippen molar-refractivity contribution in [3.8, 4) is 10.6 Å². The molecule has 0 spiro atoms. The maximum atomic E-state index is 12.9. The Balaban J connectivity index is 2.42. The lowest BCUT2D eigenvalue weighted by Crippen LogP contribution is -1.91. The SMILES string of the molecule is CC(=O)c1csc(-c2ccc(F)c(Cl)c2)n1. The van der Waals surface area contributed by atoms with Gasteiger partial charge in [0.05, 0.1) is 5.02 Å². The van der Waals surface area contributed by atoms with Crippen molar-refractivity contribution in [1.29, 1.82) is 0 Å². The molecule has 1 heterocycles. The molecular formula is C11H7ClFNOS. The summed E-state index contributed by atoms with van der Waals surface area (Å²) in [6.45, 7) is 1.45. The molecule has 2 rings (SSSR count). The van der Waals surface area contributed by atoms with E-state index in [1.165, 1.54) is 30.4 Å². The lowest BCUT2D eigenvalue weighted by atomic mass is 10.2. The summed E-state index contributed by atoms with van der Waals surface area (Å²) in [6, 6.07) is 4.37. The van der Waals surface area contributed by atoms with Crippen LogP contribution >= 0.6 is 22.9 Å². The molecule has 0 radical (unpaired) electrons. The summed E-state index contributed by atoms with van der Waals surface area (Å²) in [4.78, 5) is 15.2. The van der Waals surface area contributed by atoms with E-state index in [2.05, 4.69) is 4.98 Å². The zero-order chi connectivity index (χ0) is 11.7. The van der Waals surface area contributed by atoms with E-state index in [0.717, 1.165) is 0 Å². The van der Waals surface area contributed by atoms with Crippen LogP contribution in [-0.4, -0.2) is 10.8 Å². The molecular weight excluding hydrogens is 249 g/mol. The van der Waals surface area contributed by atoms with Crippen LogP contribution in [0.2, 0.25) is 5.02 Å². The highest BCUT2D eigenvalue weighted by atomic mass is 35.5. The van der Waals surface area contributed by atoms with Crippen LogP contribution in [0.15, 0.2) is 23.6 Å². The fourth-order valence-corrected chi connectivity index (χ4v) is 2.23. The number of hydrogen-bond donors (Lipinski definition) is 0. The van der Waals surface area contributed by atoms with Crippen molar-refractivity contribution in [2.45, 2.75) is 6.92 Å². The van der Waals surface area contributed by atoms with Crippen LogP contribution in [0.25, 0.3) is 10.6 Å². The minimum Gasteiger partial charge on any atom is -0.293 e. The fourth-order valence-electron chi connectivity index (χ4n) is 1.20. The predicted octanol–water partition coefficient (Wildman–Crippen LogP) is 3.81. The Kier molecular flexibility index (Phi) is 3.03. The number of hydrogen-bond acceptors (Lipinski definition) is 3. The van der Waals surface area contributed by atoms with Gasteiger partial charge in [0.15, 0.2) is 5.78 Å². The van der Waals surface area contributed by atoms with Crippen LogP contribution in [0, 0.1) is 5.82 Å². The van der Waals surface area contributed by atoms with Crippen molar-refractivity contribution in [3.05, 3.63) is 40.1 Å². The van der Waals surface area contributed by atoms with E-state index in [9.17, 15) is 9.18 Å². The minimum absolute atomic E-state index is 0.0528. The number of benzene rings is 1. The highest BCUT2D eigenvalue weighted by Crippen LogP contribution is 2.27. The first kappa shape index (κ1) is 11.2. The second-order valence-electron chi connectivity index (χ2n) is 3.22. The van der Waals surface area contributed by atoms with Crippen molar-refractivity contribution in [2.75, 3.05) is 0 Å². The van der Waals surface area contributed by atoms with Crippen molar-refractivity contribution in [3.63, 3.8) is 0 Å².